The highest BCUT2D eigenvalue weighted by Gasteiger charge is 2.84. The molecule has 2 aliphatic heterocycles. The van der Waals surface area contributed by atoms with Gasteiger partial charge in [-0.05, 0) is 24.5 Å². The van der Waals surface area contributed by atoms with Gasteiger partial charge in [0.2, 0.25) is 5.60 Å². The zero-order chi connectivity index (χ0) is 22.2. The van der Waals surface area contributed by atoms with Crippen LogP contribution in [0.15, 0.2) is 12.1 Å². The van der Waals surface area contributed by atoms with Crippen molar-refractivity contribution in [3.05, 3.63) is 23.3 Å². The maximum Gasteiger partial charge on any atom is 0.339 e. The number of carboxylic acid groups (broad SMARTS) is 1. The third-order valence-electron chi connectivity index (χ3n) is 8.22. The Labute approximate surface area is 183 Å². The third kappa shape index (κ3) is 2.01. The summed E-state index contributed by atoms with van der Waals surface area (Å²) in [5.74, 6) is -1.31. The van der Waals surface area contributed by atoms with E-state index in [0.717, 1.165) is 18.4 Å². The van der Waals surface area contributed by atoms with Gasteiger partial charge in [0, 0.05) is 30.7 Å². The highest BCUT2D eigenvalue weighted by atomic mass is 79.9. The second kappa shape index (κ2) is 5.46. The van der Waals surface area contributed by atoms with Gasteiger partial charge in [0.15, 0.2) is 17.6 Å². The summed E-state index contributed by atoms with van der Waals surface area (Å²) in [6.07, 6.45) is 0.483. The van der Waals surface area contributed by atoms with Crippen LogP contribution < -0.4 is 21.7 Å². The van der Waals surface area contributed by atoms with Gasteiger partial charge in [-0.25, -0.2) is 4.79 Å². The highest BCUT2D eigenvalue weighted by molar-refractivity contribution is 5.82. The summed E-state index contributed by atoms with van der Waals surface area (Å²) in [5, 5.41) is 44.0. The number of phenolic OH excluding ortho intramolecular Hbond substituents is 1. The van der Waals surface area contributed by atoms with Gasteiger partial charge >= 0.3 is 5.97 Å². The van der Waals surface area contributed by atoms with E-state index in [-0.39, 0.29) is 58.3 Å². The molecule has 29 heavy (non-hydrogen) atoms. The van der Waals surface area contributed by atoms with Crippen molar-refractivity contribution in [2.24, 2.45) is 5.92 Å². The Kier molecular flexibility index (Phi) is 3.08. The Hall–Kier alpha value is -1.35. The van der Waals surface area contributed by atoms with Crippen molar-refractivity contribution >= 4 is 5.97 Å². The molecule has 6 rings (SSSR count). The van der Waals surface area contributed by atoms with E-state index in [4.69, 9.17) is 8.85 Å². The zero-order valence-corrected chi connectivity index (χ0v) is 17.4. The summed E-state index contributed by atoms with van der Waals surface area (Å²) in [6, 6.07) is 2.36. The van der Waals surface area contributed by atoms with Crippen LogP contribution in [0.25, 0.3) is 0 Å². The van der Waals surface area contributed by atoms with E-state index in [1.54, 1.807) is 6.07 Å². The fraction of sp³-hybridized carbons (Fsp3) is 0.667. The highest BCUT2D eigenvalue weighted by Crippen LogP contribution is 2.70. The minimum absolute atomic E-state index is 0. The number of hydrogen-bond donors (Lipinski definition) is 4. The van der Waals surface area contributed by atoms with Crippen LogP contribution in [0.2, 0.25) is 0 Å². The Bertz CT molecular complexity index is 1030. The largest absolute Gasteiger partial charge is 1.00 e. The molecule has 5 aliphatic rings. The van der Waals surface area contributed by atoms with E-state index in [1.807, 2.05) is 0 Å². The molecule has 1 aromatic carbocycles. The number of benzene rings is 1. The summed E-state index contributed by atoms with van der Waals surface area (Å²) in [7, 11) is 0. The van der Waals surface area contributed by atoms with Crippen molar-refractivity contribution in [1.82, 2.24) is 0 Å². The minimum Gasteiger partial charge on any atom is -1.00 e. The lowest BCUT2D eigenvalue weighted by Crippen LogP contribution is -3.00. The van der Waals surface area contributed by atoms with Crippen LogP contribution in [0.4, 0.5) is 0 Å². The number of rotatable bonds is 3. The zero-order valence-electron chi connectivity index (χ0n) is 18.8. The molecule has 3 aliphatic carbocycles. The number of likely N-dealkylation sites (N-methyl/N-ethyl adjacent to an activating group) is 1. The van der Waals surface area contributed by atoms with E-state index in [0.29, 0.717) is 12.1 Å². The first kappa shape index (κ1) is 16.4. The molecule has 0 radical (unpaired) electrons. The topological polar surface area (TPSA) is 107 Å². The van der Waals surface area contributed by atoms with E-state index < -0.39 is 48.1 Å². The third-order valence-corrected chi connectivity index (χ3v) is 8.22. The molecule has 4 N–H and O–H groups in total. The van der Waals surface area contributed by atoms with Gasteiger partial charge < -0.3 is 46.6 Å². The molecule has 1 saturated heterocycles. The van der Waals surface area contributed by atoms with Crippen molar-refractivity contribution in [2.75, 3.05) is 20.1 Å². The number of nitrogens with zero attached hydrogens (tertiary/aromatic N) is 1. The number of likely N-dealkylation sites (tertiary alicyclic amines) is 1. The molecule has 0 aromatic heterocycles. The first-order chi connectivity index (χ1) is 14.4. The lowest BCUT2D eigenvalue weighted by Gasteiger charge is -2.60. The molecule has 2 heterocycles. The summed E-state index contributed by atoms with van der Waals surface area (Å²) in [5.41, 5.74) is -4.17. The maximum absolute atomic E-state index is 12.3. The molecule has 158 valence electrons. The number of piperidine rings is 1. The Morgan fingerprint density at radius 2 is 2.14 bits per heavy atom. The molecule has 1 spiro atoms. The smallest absolute Gasteiger partial charge is 0.339 e. The average molecular weight is 471 g/mol. The first-order valence-electron chi connectivity index (χ1n) is 11.5. The second-order valence-corrected chi connectivity index (χ2v) is 9.60. The number of aliphatic hydroxyl groups is 2. The molecule has 6 atom stereocenters. The molecule has 1 aromatic rings. The number of carboxylic acids is 1. The van der Waals surface area contributed by atoms with Crippen molar-refractivity contribution in [3.63, 3.8) is 0 Å². The van der Waals surface area contributed by atoms with E-state index in [1.165, 1.54) is 6.07 Å². The van der Waals surface area contributed by atoms with Crippen LogP contribution >= 0.6 is 0 Å². The number of aromatic hydroxyl groups is 1. The Balaban J connectivity index is 0.00000216. The van der Waals surface area contributed by atoms with Gasteiger partial charge in [-0.15, -0.1) is 0 Å². The van der Waals surface area contributed by atoms with Gasteiger partial charge in [0.1, 0.15) is 11.6 Å². The Morgan fingerprint density at radius 3 is 2.79 bits per heavy atom. The molecule has 8 heteroatoms. The van der Waals surface area contributed by atoms with Crippen LogP contribution in [-0.2, 0) is 16.6 Å². The lowest BCUT2D eigenvalue weighted by atomic mass is 9.55. The molecule has 0 unspecified atom stereocenters. The second-order valence-electron chi connectivity index (χ2n) is 9.60. The van der Waals surface area contributed by atoms with Crippen LogP contribution in [0.5, 0.6) is 11.5 Å². The van der Waals surface area contributed by atoms with E-state index in [2.05, 4.69) is 0 Å². The molecule has 7 nitrogen and oxygen atoms in total. The fourth-order valence-corrected chi connectivity index (χ4v) is 6.90. The molecule has 3 fully saturated rings. The number of phenols is 1. The van der Waals surface area contributed by atoms with Crippen LogP contribution in [-0.4, -0.2) is 74.3 Å². The maximum atomic E-state index is 12.3. The number of halogens is 1. The van der Waals surface area contributed by atoms with Crippen LogP contribution in [0.1, 0.15) is 40.9 Å². The van der Waals surface area contributed by atoms with Gasteiger partial charge in [-0.3, -0.25) is 0 Å². The van der Waals surface area contributed by atoms with Gasteiger partial charge in [0.05, 0.1) is 29.6 Å². The number of quaternary nitrogens is 1. The van der Waals surface area contributed by atoms with Gasteiger partial charge in [0.25, 0.3) is 0 Å². The number of ether oxygens (including phenoxy) is 1. The lowest BCUT2D eigenvalue weighted by molar-refractivity contribution is -0.950. The van der Waals surface area contributed by atoms with Gasteiger partial charge in [-0.1, -0.05) is 6.07 Å². The van der Waals surface area contributed by atoms with E-state index >= 15 is 0 Å². The first-order valence-corrected chi connectivity index (χ1v) is 9.98. The van der Waals surface area contributed by atoms with Crippen molar-refractivity contribution in [1.29, 1.82) is 0 Å². The molecule has 2 bridgehead atoms. The summed E-state index contributed by atoms with van der Waals surface area (Å²) >= 11 is 0. The molecule has 2 saturated carbocycles. The number of carbonyl (C=O) groups is 1. The standard InChI is InChI=1S/C21H25NO6.BrH/c1-22(9-11-2-3-11)7-6-19-15-12-4-5-13(23)16(15)28-17(19)20(26,18(24)25)10-21(19,27)14(22)8-12;/h4-5,11,14,17,26-27H,2-3,6-10H2,1H3,(H-,23,24,25);1H/t14-,17-,19+,20+,21-,22-;/m1./s1/i1D3;. The van der Waals surface area contributed by atoms with Crippen LogP contribution in [0, 0.1) is 5.92 Å². The number of hydrogen-bond acceptors (Lipinski definition) is 5. The molecule has 0 amide bonds. The predicted molar refractivity (Wildman–Crippen MR) is 97.1 cm³/mol. The monoisotopic (exact) mass is 470 g/mol. The Morgan fingerprint density at radius 1 is 1.38 bits per heavy atom. The van der Waals surface area contributed by atoms with Gasteiger partial charge in [-0.2, -0.15) is 0 Å². The van der Waals surface area contributed by atoms with E-state index in [9.17, 15) is 25.2 Å². The minimum atomic E-state index is -2.40. The predicted octanol–water partition coefficient (Wildman–Crippen LogP) is -2.47. The van der Waals surface area contributed by atoms with Crippen molar-refractivity contribution in [2.45, 2.75) is 60.9 Å². The van der Waals surface area contributed by atoms with Crippen molar-refractivity contribution in [3.8, 4) is 11.5 Å². The SMILES string of the molecule is [2H]C([2H])([2H])[N@+]1(CC2CC2)CC[C@]23c4c5ccc(O)c4O[C@H]2[C@](O)(C(=O)O)C[C@@]3(O)[C@H]1C5.[Br-]. The summed E-state index contributed by atoms with van der Waals surface area (Å²) in [6.45, 7) is -1.78. The number of aliphatic carboxylic acids is 1. The summed E-state index contributed by atoms with van der Waals surface area (Å²) in [4.78, 5) is 12.2. The average Bonchev–Trinajstić information content (AvgIpc) is 3.34. The quantitative estimate of drug-likeness (QED) is 0.364. The fourth-order valence-electron chi connectivity index (χ4n) is 6.90. The molecular weight excluding hydrogens is 442 g/mol. The normalized spacial score (nSPS) is 47.9. The summed E-state index contributed by atoms with van der Waals surface area (Å²) < 4.78 is 31.0. The van der Waals surface area contributed by atoms with Crippen LogP contribution in [0.3, 0.4) is 0 Å². The van der Waals surface area contributed by atoms with Crippen molar-refractivity contribution < 1.29 is 55.5 Å². The molecular formula is C21H26BrNO6.